The van der Waals surface area contributed by atoms with Gasteiger partial charge < -0.3 is 5.11 Å². The number of hydrogen-bond acceptors (Lipinski definition) is 3. The van der Waals surface area contributed by atoms with Crippen molar-refractivity contribution < 1.29 is 14.8 Å². The summed E-state index contributed by atoms with van der Waals surface area (Å²) in [6.07, 6.45) is 0.564. The third-order valence-corrected chi connectivity index (χ3v) is 3.37. The van der Waals surface area contributed by atoms with Gasteiger partial charge in [0.1, 0.15) is 0 Å². The maximum Gasteiger partial charge on any atom is 0.307 e. The zero-order valence-electron chi connectivity index (χ0n) is 8.09. The highest BCUT2D eigenvalue weighted by Crippen LogP contribution is 2.48. The van der Waals surface area contributed by atoms with E-state index in [4.69, 9.17) is 5.11 Å². The van der Waals surface area contributed by atoms with Gasteiger partial charge in [-0.05, 0) is 39.9 Å². The minimum atomic E-state index is -0.837. The van der Waals surface area contributed by atoms with E-state index < -0.39 is 10.9 Å². The average Bonchev–Trinajstić information content (AvgIpc) is 2.97. The molecule has 5 nitrogen and oxygen atoms in total. The molecule has 2 atom stereocenters. The van der Waals surface area contributed by atoms with Crippen LogP contribution in [0.25, 0.3) is 0 Å². The van der Waals surface area contributed by atoms with Gasteiger partial charge in [-0.25, -0.2) is 0 Å². The molecule has 0 radical (unpaired) electrons. The van der Waals surface area contributed by atoms with Crippen LogP contribution in [0.2, 0.25) is 0 Å². The maximum atomic E-state index is 10.7. The highest BCUT2D eigenvalue weighted by molar-refractivity contribution is 9.10. The van der Waals surface area contributed by atoms with Crippen molar-refractivity contribution in [2.45, 2.75) is 12.3 Å². The monoisotopic (exact) mass is 285 g/mol. The van der Waals surface area contributed by atoms with Crippen molar-refractivity contribution in [3.05, 3.63) is 38.3 Å². The molecule has 1 aromatic carbocycles. The van der Waals surface area contributed by atoms with Crippen LogP contribution in [0.4, 0.5) is 5.69 Å². The van der Waals surface area contributed by atoms with E-state index in [1.165, 1.54) is 6.07 Å². The van der Waals surface area contributed by atoms with Crippen molar-refractivity contribution in [1.82, 2.24) is 0 Å². The molecule has 1 saturated carbocycles. The Kier molecular flexibility index (Phi) is 2.67. The number of carboxylic acids is 1. The summed E-state index contributed by atoms with van der Waals surface area (Å²) < 4.78 is 0.411. The molecular weight excluding hydrogens is 278 g/mol. The lowest BCUT2D eigenvalue weighted by molar-refractivity contribution is -0.385. The number of nitro groups is 1. The maximum absolute atomic E-state index is 10.7. The van der Waals surface area contributed by atoms with Gasteiger partial charge in [0.15, 0.2) is 0 Å². The fourth-order valence-electron chi connectivity index (χ4n) is 1.74. The molecule has 1 fully saturated rings. The second-order valence-electron chi connectivity index (χ2n) is 3.75. The Morgan fingerprint density at radius 2 is 2.25 bits per heavy atom. The predicted octanol–water partition coefficient (Wildman–Crippen LogP) is 2.55. The van der Waals surface area contributed by atoms with Gasteiger partial charge in [0, 0.05) is 6.07 Å². The van der Waals surface area contributed by atoms with E-state index in [-0.39, 0.29) is 17.5 Å². The summed E-state index contributed by atoms with van der Waals surface area (Å²) >= 11 is 3.09. The molecule has 16 heavy (non-hydrogen) atoms. The van der Waals surface area contributed by atoms with Crippen LogP contribution in [-0.4, -0.2) is 16.0 Å². The minimum Gasteiger partial charge on any atom is -0.481 e. The summed E-state index contributed by atoms with van der Waals surface area (Å²) in [5, 5.41) is 19.5. The molecule has 0 aromatic heterocycles. The highest BCUT2D eigenvalue weighted by atomic mass is 79.9. The molecule has 0 aliphatic heterocycles. The third kappa shape index (κ3) is 1.92. The molecule has 1 aliphatic carbocycles. The summed E-state index contributed by atoms with van der Waals surface area (Å²) in [6, 6.07) is 4.76. The Hall–Kier alpha value is -1.43. The molecule has 0 heterocycles. The summed E-state index contributed by atoms with van der Waals surface area (Å²) in [4.78, 5) is 20.9. The van der Waals surface area contributed by atoms with Crippen molar-refractivity contribution in [2.24, 2.45) is 5.92 Å². The van der Waals surface area contributed by atoms with E-state index in [9.17, 15) is 14.9 Å². The smallest absolute Gasteiger partial charge is 0.307 e. The van der Waals surface area contributed by atoms with E-state index in [1.54, 1.807) is 12.1 Å². The molecular formula is C10H8BrNO4. The second-order valence-corrected chi connectivity index (χ2v) is 4.61. The fraction of sp³-hybridized carbons (Fsp3) is 0.300. The van der Waals surface area contributed by atoms with E-state index in [0.29, 0.717) is 10.9 Å². The summed E-state index contributed by atoms with van der Waals surface area (Å²) in [7, 11) is 0. The quantitative estimate of drug-likeness (QED) is 0.684. The molecule has 0 bridgehead atoms. The van der Waals surface area contributed by atoms with E-state index >= 15 is 0 Å². The van der Waals surface area contributed by atoms with E-state index in [2.05, 4.69) is 15.9 Å². The molecule has 6 heteroatoms. The van der Waals surface area contributed by atoms with Crippen molar-refractivity contribution in [2.75, 3.05) is 0 Å². The van der Waals surface area contributed by atoms with Gasteiger partial charge in [0.25, 0.3) is 5.69 Å². The molecule has 84 valence electrons. The standard InChI is InChI=1S/C10H8BrNO4/c11-8-2-1-5(3-9(8)12(15)16)6-4-7(6)10(13)14/h1-3,6-7H,4H2,(H,13,14)/t6-,7+/m0/s1. The normalized spacial score (nSPS) is 22.8. The first kappa shape index (κ1) is 11.1. The van der Waals surface area contributed by atoms with Gasteiger partial charge in [-0.1, -0.05) is 6.07 Å². The summed E-state index contributed by atoms with van der Waals surface area (Å²) in [6.45, 7) is 0. The van der Waals surface area contributed by atoms with Crippen molar-refractivity contribution in [1.29, 1.82) is 0 Å². The van der Waals surface area contributed by atoms with Gasteiger partial charge in [-0.15, -0.1) is 0 Å². The average molecular weight is 286 g/mol. The van der Waals surface area contributed by atoms with Crippen molar-refractivity contribution >= 4 is 27.6 Å². The molecule has 0 amide bonds. The van der Waals surface area contributed by atoms with Gasteiger partial charge in [-0.3, -0.25) is 14.9 Å². The van der Waals surface area contributed by atoms with Crippen molar-refractivity contribution in [3.8, 4) is 0 Å². The highest BCUT2D eigenvalue weighted by Gasteiger charge is 2.44. The molecule has 0 unspecified atom stereocenters. The Morgan fingerprint density at radius 1 is 1.56 bits per heavy atom. The third-order valence-electron chi connectivity index (χ3n) is 2.70. The number of aliphatic carboxylic acids is 1. The second kappa shape index (κ2) is 3.86. The fourth-order valence-corrected chi connectivity index (χ4v) is 2.13. The Labute approximate surface area is 99.4 Å². The SMILES string of the molecule is O=C(O)[C@@H]1C[C@H]1c1ccc(Br)c([N+](=O)[O-])c1. The summed E-state index contributed by atoms with van der Waals surface area (Å²) in [5.41, 5.74) is 0.704. The number of nitro benzene ring substituents is 1. The van der Waals surface area contributed by atoms with Crippen LogP contribution in [-0.2, 0) is 4.79 Å². The first-order chi connectivity index (χ1) is 7.50. The minimum absolute atomic E-state index is 0.0199. The topological polar surface area (TPSA) is 80.4 Å². The van der Waals surface area contributed by atoms with Gasteiger partial charge in [0.2, 0.25) is 0 Å². The van der Waals surface area contributed by atoms with Crippen LogP contribution in [0.3, 0.4) is 0 Å². The zero-order chi connectivity index (χ0) is 11.9. The molecule has 1 aliphatic rings. The molecule has 0 saturated heterocycles. The van der Waals surface area contributed by atoms with Gasteiger partial charge in [-0.2, -0.15) is 0 Å². The lowest BCUT2D eigenvalue weighted by Gasteiger charge is -2.00. The number of rotatable bonds is 3. The number of carbonyl (C=O) groups is 1. The molecule has 1 aromatic rings. The number of nitrogens with zero attached hydrogens (tertiary/aromatic N) is 1. The van der Waals surface area contributed by atoms with E-state index in [0.717, 1.165) is 5.56 Å². The first-order valence-electron chi connectivity index (χ1n) is 4.67. The van der Waals surface area contributed by atoms with Crippen LogP contribution < -0.4 is 0 Å². The number of carboxylic acid groups (broad SMARTS) is 1. The zero-order valence-corrected chi connectivity index (χ0v) is 9.68. The van der Waals surface area contributed by atoms with Gasteiger partial charge >= 0.3 is 5.97 Å². The summed E-state index contributed by atoms with van der Waals surface area (Å²) in [5.74, 6) is -1.30. The van der Waals surface area contributed by atoms with E-state index in [1.807, 2.05) is 0 Å². The van der Waals surface area contributed by atoms with Crippen LogP contribution >= 0.6 is 15.9 Å². The largest absolute Gasteiger partial charge is 0.481 e. The molecule has 2 rings (SSSR count). The first-order valence-corrected chi connectivity index (χ1v) is 5.46. The van der Waals surface area contributed by atoms with Crippen LogP contribution in [0.5, 0.6) is 0 Å². The predicted molar refractivity (Wildman–Crippen MR) is 59.3 cm³/mol. The molecule has 0 spiro atoms. The Bertz CT molecular complexity index is 474. The van der Waals surface area contributed by atoms with Gasteiger partial charge in [0.05, 0.1) is 15.3 Å². The lowest BCUT2D eigenvalue weighted by atomic mass is 10.1. The van der Waals surface area contributed by atoms with Crippen molar-refractivity contribution in [3.63, 3.8) is 0 Å². The Morgan fingerprint density at radius 3 is 2.75 bits per heavy atom. The Balaban J connectivity index is 2.28. The number of hydrogen-bond donors (Lipinski definition) is 1. The number of halogens is 1. The van der Waals surface area contributed by atoms with Crippen LogP contribution in [0.1, 0.15) is 17.9 Å². The number of benzene rings is 1. The van der Waals surface area contributed by atoms with Crippen LogP contribution in [0.15, 0.2) is 22.7 Å². The molecule has 1 N–H and O–H groups in total. The lowest BCUT2D eigenvalue weighted by Crippen LogP contribution is -1.99. The van der Waals surface area contributed by atoms with Crippen LogP contribution in [0, 0.1) is 16.0 Å².